The standard InChI is InChI=1S/C15H18N2O/c1-2-3-4-10-17-15(18)9-8-13-6-5-7-14(11-13)12-16/h5-9,11H,2-4,10H2,1H3,(H,17,18). The Labute approximate surface area is 108 Å². The molecule has 0 saturated carbocycles. The summed E-state index contributed by atoms with van der Waals surface area (Å²) in [7, 11) is 0. The van der Waals surface area contributed by atoms with Crippen molar-refractivity contribution in [3.63, 3.8) is 0 Å². The molecule has 0 saturated heterocycles. The van der Waals surface area contributed by atoms with Crippen molar-refractivity contribution in [2.24, 2.45) is 0 Å². The van der Waals surface area contributed by atoms with Crippen molar-refractivity contribution < 1.29 is 4.79 Å². The molecule has 0 fully saturated rings. The number of nitrogens with zero attached hydrogens (tertiary/aromatic N) is 1. The number of carbonyl (C=O) groups excluding carboxylic acids is 1. The van der Waals surface area contributed by atoms with E-state index >= 15 is 0 Å². The first-order valence-corrected chi connectivity index (χ1v) is 6.22. The Morgan fingerprint density at radius 3 is 3.00 bits per heavy atom. The van der Waals surface area contributed by atoms with E-state index in [0.717, 1.165) is 31.4 Å². The maximum Gasteiger partial charge on any atom is 0.243 e. The van der Waals surface area contributed by atoms with Gasteiger partial charge in [0.15, 0.2) is 0 Å². The van der Waals surface area contributed by atoms with Crippen LogP contribution in [0.2, 0.25) is 0 Å². The average Bonchev–Trinajstić information content (AvgIpc) is 2.41. The molecule has 0 bridgehead atoms. The van der Waals surface area contributed by atoms with E-state index in [4.69, 9.17) is 5.26 Å². The summed E-state index contributed by atoms with van der Waals surface area (Å²) in [5, 5.41) is 11.6. The third-order valence-corrected chi connectivity index (χ3v) is 2.52. The van der Waals surface area contributed by atoms with E-state index in [1.165, 1.54) is 6.08 Å². The zero-order valence-corrected chi connectivity index (χ0v) is 10.6. The van der Waals surface area contributed by atoms with Crippen LogP contribution in [0.1, 0.15) is 37.3 Å². The molecule has 1 aromatic rings. The molecular formula is C15H18N2O. The Kier molecular flexibility index (Phi) is 6.27. The SMILES string of the molecule is CCCCCNC(=O)C=Cc1cccc(C#N)c1. The maximum absolute atomic E-state index is 11.5. The van der Waals surface area contributed by atoms with Crippen LogP contribution in [0, 0.1) is 11.3 Å². The Morgan fingerprint density at radius 1 is 1.44 bits per heavy atom. The molecule has 1 aromatic carbocycles. The van der Waals surface area contributed by atoms with E-state index < -0.39 is 0 Å². The van der Waals surface area contributed by atoms with E-state index in [1.807, 2.05) is 6.07 Å². The lowest BCUT2D eigenvalue weighted by atomic mass is 10.1. The molecule has 0 aliphatic heterocycles. The molecule has 3 nitrogen and oxygen atoms in total. The Hall–Kier alpha value is -2.08. The van der Waals surface area contributed by atoms with Crippen LogP contribution in [-0.4, -0.2) is 12.5 Å². The van der Waals surface area contributed by atoms with Gasteiger partial charge in [-0.05, 0) is 30.2 Å². The second-order valence-electron chi connectivity index (χ2n) is 4.07. The number of carbonyl (C=O) groups is 1. The zero-order valence-electron chi connectivity index (χ0n) is 10.6. The molecule has 0 unspecified atom stereocenters. The molecule has 1 N–H and O–H groups in total. The van der Waals surface area contributed by atoms with E-state index in [-0.39, 0.29) is 5.91 Å². The van der Waals surface area contributed by atoms with Crippen molar-refractivity contribution >= 4 is 12.0 Å². The monoisotopic (exact) mass is 242 g/mol. The van der Waals surface area contributed by atoms with Gasteiger partial charge in [-0.2, -0.15) is 5.26 Å². The van der Waals surface area contributed by atoms with Gasteiger partial charge in [0.25, 0.3) is 0 Å². The Bertz CT molecular complexity index is 458. The van der Waals surface area contributed by atoms with Gasteiger partial charge >= 0.3 is 0 Å². The van der Waals surface area contributed by atoms with Crippen LogP contribution >= 0.6 is 0 Å². The number of amides is 1. The van der Waals surface area contributed by atoms with E-state index in [2.05, 4.69) is 18.3 Å². The van der Waals surface area contributed by atoms with Crippen LogP contribution in [0.5, 0.6) is 0 Å². The second kappa shape index (κ2) is 8.08. The summed E-state index contributed by atoms with van der Waals surface area (Å²) < 4.78 is 0. The zero-order chi connectivity index (χ0) is 13.2. The van der Waals surface area contributed by atoms with Gasteiger partial charge in [-0.15, -0.1) is 0 Å². The number of benzene rings is 1. The summed E-state index contributed by atoms with van der Waals surface area (Å²) in [5.41, 5.74) is 1.46. The molecule has 1 amide bonds. The van der Waals surface area contributed by atoms with E-state index in [9.17, 15) is 4.79 Å². The van der Waals surface area contributed by atoms with Crippen molar-refractivity contribution in [2.75, 3.05) is 6.54 Å². The fourth-order valence-electron chi connectivity index (χ4n) is 1.53. The normalized spacial score (nSPS) is 10.2. The highest BCUT2D eigenvalue weighted by Gasteiger charge is 1.95. The molecule has 3 heteroatoms. The van der Waals surface area contributed by atoms with Crippen LogP contribution in [0.25, 0.3) is 6.08 Å². The summed E-state index contributed by atoms with van der Waals surface area (Å²) in [4.78, 5) is 11.5. The second-order valence-corrected chi connectivity index (χ2v) is 4.07. The minimum absolute atomic E-state index is 0.0894. The molecule has 18 heavy (non-hydrogen) atoms. The largest absolute Gasteiger partial charge is 0.353 e. The fraction of sp³-hybridized carbons (Fsp3) is 0.333. The molecule has 0 heterocycles. The van der Waals surface area contributed by atoms with Crippen LogP contribution < -0.4 is 5.32 Å². The lowest BCUT2D eigenvalue weighted by Gasteiger charge is -2.00. The molecule has 0 aromatic heterocycles. The highest BCUT2D eigenvalue weighted by atomic mass is 16.1. The summed E-state index contributed by atoms with van der Waals surface area (Å²) >= 11 is 0. The number of unbranched alkanes of at least 4 members (excludes halogenated alkanes) is 2. The van der Waals surface area contributed by atoms with Crippen LogP contribution in [-0.2, 0) is 4.79 Å². The van der Waals surface area contributed by atoms with Gasteiger partial charge < -0.3 is 5.32 Å². The van der Waals surface area contributed by atoms with Gasteiger partial charge in [0, 0.05) is 12.6 Å². The van der Waals surface area contributed by atoms with Crippen molar-refractivity contribution in [3.8, 4) is 6.07 Å². The number of hydrogen-bond acceptors (Lipinski definition) is 2. The molecule has 1 rings (SSSR count). The summed E-state index contributed by atoms with van der Waals surface area (Å²) in [6.45, 7) is 2.85. The average molecular weight is 242 g/mol. The van der Waals surface area contributed by atoms with E-state index in [0.29, 0.717) is 5.56 Å². The lowest BCUT2D eigenvalue weighted by molar-refractivity contribution is -0.116. The number of hydrogen-bond donors (Lipinski definition) is 1. The molecule has 0 radical (unpaired) electrons. The maximum atomic E-state index is 11.5. The fourth-order valence-corrected chi connectivity index (χ4v) is 1.53. The van der Waals surface area contributed by atoms with Crippen molar-refractivity contribution in [2.45, 2.75) is 26.2 Å². The van der Waals surface area contributed by atoms with Gasteiger partial charge in [-0.3, -0.25) is 4.79 Å². The van der Waals surface area contributed by atoms with Gasteiger partial charge in [-0.25, -0.2) is 0 Å². The summed E-state index contributed by atoms with van der Waals surface area (Å²) in [6, 6.07) is 9.22. The van der Waals surface area contributed by atoms with E-state index in [1.54, 1.807) is 24.3 Å². The predicted molar refractivity (Wildman–Crippen MR) is 72.7 cm³/mol. The molecule has 0 aliphatic carbocycles. The van der Waals surface area contributed by atoms with Crippen molar-refractivity contribution in [1.82, 2.24) is 5.32 Å². The van der Waals surface area contributed by atoms with Gasteiger partial charge in [0.2, 0.25) is 5.91 Å². The third-order valence-electron chi connectivity index (χ3n) is 2.52. The number of rotatable bonds is 6. The van der Waals surface area contributed by atoms with Crippen LogP contribution in [0.4, 0.5) is 0 Å². The van der Waals surface area contributed by atoms with Crippen molar-refractivity contribution in [1.29, 1.82) is 5.26 Å². The third kappa shape index (κ3) is 5.31. The number of nitriles is 1. The van der Waals surface area contributed by atoms with Gasteiger partial charge in [0.05, 0.1) is 11.6 Å². The summed E-state index contributed by atoms with van der Waals surface area (Å²) in [6.07, 6.45) is 6.51. The topological polar surface area (TPSA) is 52.9 Å². The highest BCUT2D eigenvalue weighted by Crippen LogP contribution is 2.05. The molecule has 94 valence electrons. The smallest absolute Gasteiger partial charge is 0.243 e. The lowest BCUT2D eigenvalue weighted by Crippen LogP contribution is -2.21. The highest BCUT2D eigenvalue weighted by molar-refractivity contribution is 5.91. The van der Waals surface area contributed by atoms with Crippen molar-refractivity contribution in [3.05, 3.63) is 41.5 Å². The minimum atomic E-state index is -0.0894. The molecular weight excluding hydrogens is 224 g/mol. The first kappa shape index (κ1) is 14.0. The molecule has 0 atom stereocenters. The molecule has 0 aliphatic rings. The van der Waals surface area contributed by atoms with Gasteiger partial charge in [0.1, 0.15) is 0 Å². The van der Waals surface area contributed by atoms with Crippen LogP contribution in [0.3, 0.4) is 0 Å². The first-order valence-electron chi connectivity index (χ1n) is 6.22. The Morgan fingerprint density at radius 2 is 2.28 bits per heavy atom. The van der Waals surface area contributed by atoms with Crippen LogP contribution in [0.15, 0.2) is 30.3 Å². The summed E-state index contributed by atoms with van der Waals surface area (Å²) in [5.74, 6) is -0.0894. The van der Waals surface area contributed by atoms with Gasteiger partial charge in [-0.1, -0.05) is 31.9 Å². The minimum Gasteiger partial charge on any atom is -0.353 e. The molecule has 0 spiro atoms. The predicted octanol–water partition coefficient (Wildman–Crippen LogP) is 2.88. The first-order chi connectivity index (χ1) is 8.76. The quantitative estimate of drug-likeness (QED) is 0.616. The number of nitrogens with one attached hydrogen (secondary N) is 1. The Balaban J connectivity index is 2.43.